The molecule has 0 aliphatic carbocycles. The Hall–Kier alpha value is -2.79. The van der Waals surface area contributed by atoms with E-state index < -0.39 is 5.97 Å². The number of hydrogen-bond donors (Lipinski definition) is 1. The first-order valence-electron chi connectivity index (χ1n) is 12.2. The highest BCUT2D eigenvalue weighted by atomic mass is 16.5. The van der Waals surface area contributed by atoms with E-state index in [9.17, 15) is 9.90 Å². The highest BCUT2D eigenvalue weighted by Gasteiger charge is 2.22. The fourth-order valence-corrected chi connectivity index (χ4v) is 4.19. The molecule has 1 unspecified atom stereocenters. The fourth-order valence-electron chi connectivity index (χ4n) is 4.19. The maximum absolute atomic E-state index is 11.8. The molecule has 0 saturated heterocycles. The number of ether oxygens (including phenoxy) is 2. The van der Waals surface area contributed by atoms with E-state index in [2.05, 4.69) is 43.9 Å². The highest BCUT2D eigenvalue weighted by molar-refractivity contribution is 5.94. The minimum absolute atomic E-state index is 0.292. The van der Waals surface area contributed by atoms with Crippen LogP contribution in [0.1, 0.15) is 58.4 Å². The van der Waals surface area contributed by atoms with Crippen molar-refractivity contribution in [3.8, 4) is 16.9 Å². The van der Waals surface area contributed by atoms with Gasteiger partial charge in [0.05, 0.1) is 6.61 Å². The van der Waals surface area contributed by atoms with E-state index in [4.69, 9.17) is 9.47 Å². The van der Waals surface area contributed by atoms with Gasteiger partial charge in [-0.15, -0.1) is 0 Å². The molecule has 5 nitrogen and oxygen atoms in total. The second-order valence-electron chi connectivity index (χ2n) is 8.67. The molecule has 1 heterocycles. The largest absolute Gasteiger partial charge is 0.491 e. The summed E-state index contributed by atoms with van der Waals surface area (Å²) >= 11 is 0. The standard InChI is InChI=1S/C28H37NO4/c1-4-6-16-32-17-18-33-26-12-9-22(10-13-26)23-11-14-27-25(19-23)20-24(28(30)31)8-7-21(3)29(27)15-5-2/h9-14,19-21H,4-8,15-18H2,1-3H3,(H,30,31)/b24-20+. The number of carboxylic acid groups (broad SMARTS) is 1. The number of aliphatic carboxylic acids is 1. The Bertz CT molecular complexity index is 935. The van der Waals surface area contributed by atoms with Gasteiger partial charge in [-0.2, -0.15) is 0 Å². The average molecular weight is 452 g/mol. The lowest BCUT2D eigenvalue weighted by Gasteiger charge is -2.34. The van der Waals surface area contributed by atoms with Crippen molar-refractivity contribution < 1.29 is 19.4 Å². The maximum atomic E-state index is 11.8. The van der Waals surface area contributed by atoms with Crippen molar-refractivity contribution in [2.75, 3.05) is 31.3 Å². The van der Waals surface area contributed by atoms with Gasteiger partial charge in [0.2, 0.25) is 0 Å². The van der Waals surface area contributed by atoms with E-state index in [1.165, 1.54) is 0 Å². The van der Waals surface area contributed by atoms with E-state index in [1.54, 1.807) is 0 Å². The Labute approximate surface area is 198 Å². The lowest BCUT2D eigenvalue weighted by Crippen LogP contribution is -2.35. The van der Waals surface area contributed by atoms with Crippen LogP contribution in [0.25, 0.3) is 17.2 Å². The summed E-state index contributed by atoms with van der Waals surface area (Å²) in [7, 11) is 0. The van der Waals surface area contributed by atoms with Crippen molar-refractivity contribution in [1.29, 1.82) is 0 Å². The number of anilines is 1. The number of fused-ring (bicyclic) bond motifs is 1. The van der Waals surface area contributed by atoms with Crippen LogP contribution >= 0.6 is 0 Å². The minimum atomic E-state index is -0.831. The van der Waals surface area contributed by atoms with Gasteiger partial charge >= 0.3 is 5.97 Å². The molecule has 1 aliphatic rings. The lowest BCUT2D eigenvalue weighted by molar-refractivity contribution is -0.132. The smallest absolute Gasteiger partial charge is 0.331 e. The van der Waals surface area contributed by atoms with Crippen LogP contribution in [0.3, 0.4) is 0 Å². The van der Waals surface area contributed by atoms with E-state index in [0.29, 0.717) is 31.2 Å². The van der Waals surface area contributed by atoms with Crippen LogP contribution in [0.5, 0.6) is 5.75 Å². The van der Waals surface area contributed by atoms with E-state index in [0.717, 1.165) is 67.0 Å². The molecule has 33 heavy (non-hydrogen) atoms. The first-order chi connectivity index (χ1) is 16.0. The predicted molar refractivity (Wildman–Crippen MR) is 135 cm³/mol. The van der Waals surface area contributed by atoms with Gasteiger partial charge in [-0.3, -0.25) is 0 Å². The fraction of sp³-hybridized carbons (Fsp3) is 0.464. The zero-order valence-corrected chi connectivity index (χ0v) is 20.2. The molecule has 0 saturated carbocycles. The number of nitrogens with zero attached hydrogens (tertiary/aromatic N) is 1. The highest BCUT2D eigenvalue weighted by Crippen LogP contribution is 2.34. The second kappa shape index (κ2) is 12.4. The molecular weight excluding hydrogens is 414 g/mol. The number of rotatable bonds is 11. The van der Waals surface area contributed by atoms with Gasteiger partial charge in [0.1, 0.15) is 12.4 Å². The molecule has 178 valence electrons. The van der Waals surface area contributed by atoms with Crippen LogP contribution in [0.15, 0.2) is 48.0 Å². The molecule has 3 rings (SSSR count). The summed E-state index contributed by atoms with van der Waals surface area (Å²) < 4.78 is 11.3. The first kappa shape index (κ1) is 24.8. The Balaban J connectivity index is 1.79. The van der Waals surface area contributed by atoms with Gasteiger partial charge < -0.3 is 19.5 Å². The van der Waals surface area contributed by atoms with Crippen molar-refractivity contribution in [2.24, 2.45) is 0 Å². The SMILES string of the molecule is CCCCOCCOc1ccc(-c2ccc3c(c2)/C=C(/C(=O)O)CCC(C)N3CCC)cc1. The normalized spacial score (nSPS) is 17.5. The average Bonchev–Trinajstić information content (AvgIpc) is 2.81. The molecule has 2 aromatic carbocycles. The predicted octanol–water partition coefficient (Wildman–Crippen LogP) is 6.42. The van der Waals surface area contributed by atoms with Gasteiger partial charge in [0, 0.05) is 30.5 Å². The first-order valence-corrected chi connectivity index (χ1v) is 12.2. The maximum Gasteiger partial charge on any atom is 0.331 e. The summed E-state index contributed by atoms with van der Waals surface area (Å²) in [5.41, 5.74) is 4.69. The third-order valence-electron chi connectivity index (χ3n) is 6.10. The summed E-state index contributed by atoms with van der Waals surface area (Å²) in [5.74, 6) is -0.0113. The number of carbonyl (C=O) groups is 1. The van der Waals surface area contributed by atoms with Crippen LogP contribution in [0.4, 0.5) is 5.69 Å². The van der Waals surface area contributed by atoms with Gasteiger partial charge in [0.25, 0.3) is 0 Å². The van der Waals surface area contributed by atoms with Crippen LogP contribution in [-0.2, 0) is 9.53 Å². The van der Waals surface area contributed by atoms with Crippen molar-refractivity contribution in [1.82, 2.24) is 0 Å². The number of carboxylic acids is 1. The Kier molecular flexibility index (Phi) is 9.37. The molecule has 1 aliphatic heterocycles. The summed E-state index contributed by atoms with van der Waals surface area (Å²) in [4.78, 5) is 14.2. The lowest BCUT2D eigenvalue weighted by atomic mass is 9.94. The van der Waals surface area contributed by atoms with Gasteiger partial charge in [0.15, 0.2) is 0 Å². The third-order valence-corrected chi connectivity index (χ3v) is 6.10. The van der Waals surface area contributed by atoms with Crippen LogP contribution in [0.2, 0.25) is 0 Å². The van der Waals surface area contributed by atoms with Crippen LogP contribution in [-0.4, -0.2) is 43.5 Å². The van der Waals surface area contributed by atoms with E-state index in [-0.39, 0.29) is 0 Å². The topological polar surface area (TPSA) is 59.0 Å². The molecule has 0 radical (unpaired) electrons. The van der Waals surface area contributed by atoms with E-state index >= 15 is 0 Å². The zero-order valence-electron chi connectivity index (χ0n) is 20.2. The molecule has 0 aromatic heterocycles. The Morgan fingerprint density at radius 1 is 1.03 bits per heavy atom. The summed E-state index contributed by atoms with van der Waals surface area (Å²) in [5, 5.41) is 9.68. The van der Waals surface area contributed by atoms with Gasteiger partial charge in [-0.05, 0) is 79.6 Å². The van der Waals surface area contributed by atoms with Gasteiger partial charge in [-0.1, -0.05) is 38.5 Å². The molecule has 0 amide bonds. The molecule has 2 aromatic rings. The Morgan fingerprint density at radius 2 is 1.79 bits per heavy atom. The van der Waals surface area contributed by atoms with E-state index in [1.807, 2.05) is 30.3 Å². The summed E-state index contributed by atoms with van der Waals surface area (Å²) in [6.07, 6.45) is 6.53. The minimum Gasteiger partial charge on any atom is -0.491 e. The third kappa shape index (κ3) is 6.84. The van der Waals surface area contributed by atoms with Crippen LogP contribution < -0.4 is 9.64 Å². The molecule has 1 atom stereocenters. The van der Waals surface area contributed by atoms with Crippen molar-refractivity contribution >= 4 is 17.7 Å². The number of unbranched alkanes of at least 4 members (excludes halogenated alkanes) is 1. The second-order valence-corrected chi connectivity index (χ2v) is 8.67. The quantitative estimate of drug-likeness (QED) is 0.400. The monoisotopic (exact) mass is 451 g/mol. The summed E-state index contributed by atoms with van der Waals surface area (Å²) in [6.45, 7) is 9.38. The number of hydrogen-bond acceptors (Lipinski definition) is 4. The van der Waals surface area contributed by atoms with Crippen molar-refractivity contribution in [3.05, 3.63) is 53.6 Å². The Morgan fingerprint density at radius 3 is 2.48 bits per heavy atom. The van der Waals surface area contributed by atoms with Gasteiger partial charge in [-0.25, -0.2) is 4.79 Å². The van der Waals surface area contributed by atoms with Crippen LogP contribution in [0, 0.1) is 0 Å². The summed E-state index contributed by atoms with van der Waals surface area (Å²) in [6, 6.07) is 14.7. The van der Waals surface area contributed by atoms with Crippen molar-refractivity contribution in [3.63, 3.8) is 0 Å². The van der Waals surface area contributed by atoms with Crippen molar-refractivity contribution in [2.45, 2.75) is 58.9 Å². The molecule has 0 spiro atoms. The zero-order chi connectivity index (χ0) is 23.6. The number of benzene rings is 2. The molecular formula is C28H37NO4. The molecule has 1 N–H and O–H groups in total. The molecule has 0 bridgehead atoms. The molecule has 5 heteroatoms. The molecule has 0 fully saturated rings.